The molecule has 15 heteroatoms. The molecule has 5 aromatic rings. The van der Waals surface area contributed by atoms with E-state index < -0.39 is 23.2 Å². The van der Waals surface area contributed by atoms with E-state index in [-0.39, 0.29) is 40.4 Å². The molecule has 1 aromatic carbocycles. The van der Waals surface area contributed by atoms with Crippen molar-refractivity contribution in [3.05, 3.63) is 75.4 Å². The van der Waals surface area contributed by atoms with Crippen molar-refractivity contribution in [1.29, 1.82) is 0 Å². The number of hydrogen-bond donors (Lipinski definition) is 1. The van der Waals surface area contributed by atoms with Gasteiger partial charge < -0.3 is 14.6 Å². The van der Waals surface area contributed by atoms with Crippen LogP contribution in [-0.4, -0.2) is 69.5 Å². The summed E-state index contributed by atoms with van der Waals surface area (Å²) in [6.45, 7) is 8.29. The quantitative estimate of drug-likeness (QED) is 0.174. The van der Waals surface area contributed by atoms with E-state index in [1.807, 2.05) is 19.1 Å². The van der Waals surface area contributed by atoms with Crippen LogP contribution in [0.1, 0.15) is 59.0 Å². The first-order valence-corrected chi connectivity index (χ1v) is 16.2. The van der Waals surface area contributed by atoms with Crippen molar-refractivity contribution in [1.82, 2.24) is 39.8 Å². The second-order valence-corrected chi connectivity index (χ2v) is 13.4. The second kappa shape index (κ2) is 11.6. The van der Waals surface area contributed by atoms with Crippen molar-refractivity contribution in [2.24, 2.45) is 5.41 Å². The number of carbonyl (C=O) groups excluding carboxylic acids is 3. The molecule has 48 heavy (non-hydrogen) atoms. The highest BCUT2D eigenvalue weighted by Crippen LogP contribution is 2.61. The molecule has 1 saturated carbocycles. The summed E-state index contributed by atoms with van der Waals surface area (Å²) in [5, 5.41) is 16.1. The number of fused-ring (bicyclic) bond motifs is 2. The molecular weight excluding hydrogens is 685 g/mol. The number of hydrogen-bond acceptors (Lipinski definition) is 10. The van der Waals surface area contributed by atoms with Gasteiger partial charge in [0.05, 0.1) is 5.52 Å². The van der Waals surface area contributed by atoms with Gasteiger partial charge in [-0.2, -0.15) is 5.10 Å². The van der Waals surface area contributed by atoms with E-state index >= 15 is 0 Å². The maximum Gasteiger partial charge on any atom is 0.248 e. The minimum Gasteiger partial charge on any atom is -0.426 e. The summed E-state index contributed by atoms with van der Waals surface area (Å²) in [4.78, 5) is 55.3. The van der Waals surface area contributed by atoms with Gasteiger partial charge in [0.1, 0.15) is 34.5 Å². The van der Waals surface area contributed by atoms with Crippen molar-refractivity contribution in [2.75, 3.05) is 5.32 Å². The van der Waals surface area contributed by atoms with Gasteiger partial charge in [-0.1, -0.05) is 0 Å². The minimum atomic E-state index is -0.853. The predicted octanol–water partition coefficient (Wildman–Crippen LogP) is 4.85. The van der Waals surface area contributed by atoms with E-state index in [2.05, 4.69) is 51.5 Å². The summed E-state index contributed by atoms with van der Waals surface area (Å²) in [5.41, 5.74) is 3.30. The zero-order valence-electron chi connectivity index (χ0n) is 26.8. The third kappa shape index (κ3) is 5.55. The van der Waals surface area contributed by atoms with Crippen molar-refractivity contribution >= 4 is 50.2 Å². The summed E-state index contributed by atoms with van der Waals surface area (Å²) in [5.74, 6) is 0.139. The molecule has 2 fully saturated rings. The maximum atomic E-state index is 14.3. The number of Topliss-reactive ketones (excluding diaryl/α,β-unsaturated/α-hetero) is 1. The normalized spacial score (nSPS) is 19.9. The van der Waals surface area contributed by atoms with E-state index in [0.29, 0.717) is 53.3 Å². The van der Waals surface area contributed by atoms with E-state index in [4.69, 9.17) is 4.42 Å². The lowest BCUT2D eigenvalue weighted by Crippen LogP contribution is -2.47. The van der Waals surface area contributed by atoms with Crippen molar-refractivity contribution in [2.45, 2.75) is 72.5 Å². The molecule has 3 atom stereocenters. The zero-order chi connectivity index (χ0) is 34.1. The van der Waals surface area contributed by atoms with Gasteiger partial charge >= 0.3 is 0 Å². The molecule has 0 bridgehead atoms. The molecule has 1 aliphatic carbocycles. The van der Waals surface area contributed by atoms with Gasteiger partial charge in [0.15, 0.2) is 11.6 Å². The van der Waals surface area contributed by atoms with Crippen LogP contribution in [0.25, 0.3) is 22.0 Å². The Morgan fingerprint density at radius 1 is 1.04 bits per heavy atom. The Morgan fingerprint density at radius 3 is 2.48 bits per heavy atom. The third-order valence-electron chi connectivity index (χ3n) is 9.21. The number of nitrogens with zero attached hydrogens (tertiary/aromatic N) is 8. The number of anilines is 1. The van der Waals surface area contributed by atoms with Crippen LogP contribution in [0.2, 0.25) is 0 Å². The topological polar surface area (TPSA) is 162 Å². The molecule has 1 N–H and O–H groups in total. The second-order valence-electron chi connectivity index (χ2n) is 12.7. The van der Waals surface area contributed by atoms with E-state index in [0.717, 1.165) is 16.7 Å². The van der Waals surface area contributed by atoms with Gasteiger partial charge in [0.25, 0.3) is 0 Å². The number of carbonyl (C=O) groups is 3. The number of ketones is 1. The van der Waals surface area contributed by atoms with Crippen LogP contribution < -0.4 is 5.32 Å². The highest BCUT2D eigenvalue weighted by Gasteiger charge is 2.67. The summed E-state index contributed by atoms with van der Waals surface area (Å²) >= 11 is 3.08. The SMILES string of the molecule is CC(=O)c1nn(CC(=O)N2[C@H](C(=O)Nc3nc(Br)c(F)cc3C)C[C@@]3(Cc4nnc(C)o4)C[C@@H]23)c2c(C)cc(-c3cnc(C)nc3)cc12. The fourth-order valence-electron chi connectivity index (χ4n) is 6.88. The fourth-order valence-corrected chi connectivity index (χ4v) is 7.17. The van der Waals surface area contributed by atoms with Crippen molar-refractivity contribution in [3.8, 4) is 11.1 Å². The molecule has 5 heterocycles. The molecule has 2 aliphatic rings. The number of pyridine rings is 1. The lowest BCUT2D eigenvalue weighted by atomic mass is 9.95. The van der Waals surface area contributed by atoms with Crippen molar-refractivity contribution in [3.63, 3.8) is 0 Å². The van der Waals surface area contributed by atoms with Gasteiger partial charge in [-0.15, -0.1) is 10.2 Å². The summed E-state index contributed by atoms with van der Waals surface area (Å²) in [6, 6.07) is 3.97. The Kier molecular flexibility index (Phi) is 7.68. The first kappa shape index (κ1) is 31.7. The number of halogens is 2. The van der Waals surface area contributed by atoms with Crippen LogP contribution in [0.3, 0.4) is 0 Å². The highest BCUT2D eigenvalue weighted by molar-refractivity contribution is 9.10. The molecule has 0 unspecified atom stereocenters. The van der Waals surface area contributed by atoms with Gasteiger partial charge in [0.2, 0.25) is 23.6 Å². The molecule has 1 aliphatic heterocycles. The van der Waals surface area contributed by atoms with Crippen LogP contribution >= 0.6 is 15.9 Å². The molecule has 4 aromatic heterocycles. The molecule has 13 nitrogen and oxygen atoms in total. The molecule has 246 valence electrons. The van der Waals surface area contributed by atoms with E-state index in [1.165, 1.54) is 13.0 Å². The summed E-state index contributed by atoms with van der Waals surface area (Å²) in [7, 11) is 0. The number of amides is 2. The predicted molar refractivity (Wildman–Crippen MR) is 174 cm³/mol. The van der Waals surface area contributed by atoms with Gasteiger partial charge in [-0.3, -0.25) is 19.1 Å². The Bertz CT molecular complexity index is 2150. The molecular formula is C33H31BrFN9O4. The number of aromatic nitrogens is 7. The summed E-state index contributed by atoms with van der Waals surface area (Å²) < 4.78 is 21.2. The third-order valence-corrected chi connectivity index (χ3v) is 9.77. The largest absolute Gasteiger partial charge is 0.426 e. The fraction of sp³-hybridized carbons (Fsp3) is 0.364. The molecule has 1 saturated heterocycles. The summed E-state index contributed by atoms with van der Waals surface area (Å²) in [6.07, 6.45) is 4.87. The molecule has 7 rings (SSSR count). The average molecular weight is 717 g/mol. The Balaban J connectivity index is 1.22. The Hall–Kier alpha value is -4.92. The average Bonchev–Trinajstić information content (AvgIpc) is 3.28. The first-order valence-electron chi connectivity index (χ1n) is 15.4. The standard InChI is InChI=1S/C33H31BrFN9O4/c1-15-6-20(21-12-36-18(4)37-13-21)8-22-28(17(3)45)42-43(29(15)22)14-27(46)44-24(32(47)39-31-16(2)7-23(35)30(34)38-31)9-33(10-25(33)44)11-26-41-40-19(5)48-26/h6-8,12-13,24-25H,9-11,14H2,1-5H3,(H,38,39,47)/t24-,25+,33-/m0/s1. The number of rotatable bonds is 8. The monoisotopic (exact) mass is 715 g/mol. The lowest BCUT2D eigenvalue weighted by Gasteiger charge is -2.27. The van der Waals surface area contributed by atoms with E-state index in [9.17, 15) is 18.8 Å². The number of nitrogens with one attached hydrogen (secondary N) is 1. The lowest BCUT2D eigenvalue weighted by molar-refractivity contribution is -0.138. The Morgan fingerprint density at radius 2 is 1.79 bits per heavy atom. The Labute approximate surface area is 282 Å². The van der Waals surface area contributed by atoms with Gasteiger partial charge in [-0.05, 0) is 84.4 Å². The molecule has 2 amide bonds. The minimum absolute atomic E-state index is 0.0332. The maximum absolute atomic E-state index is 14.3. The number of likely N-dealkylation sites (tertiary alicyclic amines) is 1. The van der Waals surface area contributed by atoms with Crippen LogP contribution in [0.15, 0.2) is 39.6 Å². The van der Waals surface area contributed by atoms with Crippen LogP contribution in [0.5, 0.6) is 0 Å². The number of aryl methyl sites for hydroxylation is 4. The zero-order valence-corrected chi connectivity index (χ0v) is 28.4. The first-order chi connectivity index (χ1) is 22.8. The van der Waals surface area contributed by atoms with Crippen molar-refractivity contribution < 1.29 is 23.2 Å². The smallest absolute Gasteiger partial charge is 0.248 e. The number of piperidine rings is 1. The van der Waals surface area contributed by atoms with Gasteiger partial charge in [-0.25, -0.2) is 19.3 Å². The number of benzene rings is 1. The van der Waals surface area contributed by atoms with Crippen LogP contribution in [0, 0.1) is 38.9 Å². The van der Waals surface area contributed by atoms with Crippen LogP contribution in [0.4, 0.5) is 10.2 Å². The van der Waals surface area contributed by atoms with Crippen LogP contribution in [-0.2, 0) is 22.6 Å². The highest BCUT2D eigenvalue weighted by atomic mass is 79.9. The molecule has 0 radical (unpaired) electrons. The van der Waals surface area contributed by atoms with Gasteiger partial charge in [0, 0.05) is 55.1 Å². The van der Waals surface area contributed by atoms with E-state index in [1.54, 1.807) is 42.7 Å². The molecule has 0 spiro atoms.